The average Bonchev–Trinajstić information content (AvgIpc) is 2.98. The molecule has 2 aromatic rings. The number of aliphatic hydroxyl groups is 1. The summed E-state index contributed by atoms with van der Waals surface area (Å²) in [5.41, 5.74) is 1.14. The lowest BCUT2D eigenvalue weighted by Crippen LogP contribution is -2.44. The third-order valence-electron chi connectivity index (χ3n) is 5.01. The quantitative estimate of drug-likeness (QED) is 0.557. The first kappa shape index (κ1) is 21.2. The summed E-state index contributed by atoms with van der Waals surface area (Å²) in [6.07, 6.45) is 2.44. The standard InChI is InChI=1S/C24H24O6/c1-15(2)9-11-18-13-16(10-12-19(18)25)14-24(23(28)29-3)20(21(26)22(27)30-24)17-7-5-4-6-8-17/h4-10,12-13,25-26H,11,14H2,1-3H3/t24-/m1/s1. The summed E-state index contributed by atoms with van der Waals surface area (Å²) in [5.74, 6) is -2.26. The Morgan fingerprint density at radius 3 is 2.47 bits per heavy atom. The zero-order chi connectivity index (χ0) is 21.9. The minimum atomic E-state index is -1.83. The van der Waals surface area contributed by atoms with Gasteiger partial charge >= 0.3 is 11.9 Å². The highest BCUT2D eigenvalue weighted by molar-refractivity contribution is 6.11. The Morgan fingerprint density at radius 1 is 1.13 bits per heavy atom. The Morgan fingerprint density at radius 2 is 1.83 bits per heavy atom. The van der Waals surface area contributed by atoms with Gasteiger partial charge in [-0.25, -0.2) is 9.59 Å². The lowest BCUT2D eigenvalue weighted by atomic mass is 9.83. The van der Waals surface area contributed by atoms with Crippen molar-refractivity contribution in [2.75, 3.05) is 7.11 Å². The van der Waals surface area contributed by atoms with Crippen LogP contribution in [0.1, 0.15) is 30.5 Å². The fourth-order valence-corrected chi connectivity index (χ4v) is 3.54. The molecule has 0 spiro atoms. The van der Waals surface area contributed by atoms with Crippen LogP contribution in [0.5, 0.6) is 5.75 Å². The van der Waals surface area contributed by atoms with E-state index in [1.54, 1.807) is 42.5 Å². The van der Waals surface area contributed by atoms with Gasteiger partial charge in [-0.2, -0.15) is 0 Å². The van der Waals surface area contributed by atoms with E-state index >= 15 is 0 Å². The number of ether oxygens (including phenoxy) is 2. The van der Waals surface area contributed by atoms with Crippen LogP contribution >= 0.6 is 0 Å². The van der Waals surface area contributed by atoms with E-state index in [-0.39, 0.29) is 17.7 Å². The molecular weight excluding hydrogens is 384 g/mol. The van der Waals surface area contributed by atoms with E-state index in [1.165, 1.54) is 13.2 Å². The van der Waals surface area contributed by atoms with E-state index in [1.807, 2.05) is 19.9 Å². The number of carbonyl (C=O) groups excluding carboxylic acids is 2. The van der Waals surface area contributed by atoms with E-state index in [9.17, 15) is 19.8 Å². The third kappa shape index (κ3) is 3.94. The molecule has 0 amide bonds. The van der Waals surface area contributed by atoms with Crippen molar-refractivity contribution in [3.63, 3.8) is 0 Å². The average molecular weight is 408 g/mol. The molecule has 0 fully saturated rings. The van der Waals surface area contributed by atoms with Crippen LogP contribution in [0.4, 0.5) is 0 Å². The van der Waals surface area contributed by atoms with Crippen molar-refractivity contribution in [1.82, 2.24) is 0 Å². The Hall–Kier alpha value is -3.54. The number of allylic oxidation sites excluding steroid dienone is 2. The number of phenolic OH excluding ortho intramolecular Hbond substituents is 1. The lowest BCUT2D eigenvalue weighted by Gasteiger charge is -2.28. The summed E-state index contributed by atoms with van der Waals surface area (Å²) in [6.45, 7) is 3.93. The molecular formula is C24H24O6. The first-order valence-electron chi connectivity index (χ1n) is 9.53. The third-order valence-corrected chi connectivity index (χ3v) is 5.01. The van der Waals surface area contributed by atoms with Crippen molar-refractivity contribution in [3.05, 3.63) is 82.6 Å². The summed E-state index contributed by atoms with van der Waals surface area (Å²) < 4.78 is 10.4. The second-order valence-electron chi connectivity index (χ2n) is 7.42. The number of benzene rings is 2. The lowest BCUT2D eigenvalue weighted by molar-refractivity contribution is -0.169. The van der Waals surface area contributed by atoms with E-state index in [0.717, 1.165) is 5.57 Å². The summed E-state index contributed by atoms with van der Waals surface area (Å²) in [6, 6.07) is 13.6. The van der Waals surface area contributed by atoms with Crippen molar-refractivity contribution < 1.29 is 29.3 Å². The van der Waals surface area contributed by atoms with Gasteiger partial charge in [-0.3, -0.25) is 0 Å². The van der Waals surface area contributed by atoms with Crippen LogP contribution in [0.3, 0.4) is 0 Å². The Kier molecular flexibility index (Phi) is 5.96. The van der Waals surface area contributed by atoms with Crippen molar-refractivity contribution in [2.24, 2.45) is 0 Å². The van der Waals surface area contributed by atoms with Crippen LogP contribution in [-0.2, 0) is 31.9 Å². The monoisotopic (exact) mass is 408 g/mol. The van der Waals surface area contributed by atoms with Crippen LogP contribution in [0.25, 0.3) is 5.57 Å². The molecule has 30 heavy (non-hydrogen) atoms. The number of hydrogen-bond donors (Lipinski definition) is 2. The van der Waals surface area contributed by atoms with Crippen molar-refractivity contribution in [1.29, 1.82) is 0 Å². The van der Waals surface area contributed by atoms with Crippen molar-refractivity contribution in [3.8, 4) is 5.75 Å². The molecule has 1 aliphatic heterocycles. The second kappa shape index (κ2) is 8.45. The molecule has 6 heteroatoms. The van der Waals surface area contributed by atoms with Gasteiger partial charge in [0.1, 0.15) is 5.75 Å². The largest absolute Gasteiger partial charge is 0.508 e. The van der Waals surface area contributed by atoms with Gasteiger partial charge in [0.25, 0.3) is 0 Å². The fourth-order valence-electron chi connectivity index (χ4n) is 3.54. The molecule has 0 unspecified atom stereocenters. The van der Waals surface area contributed by atoms with Crippen LogP contribution in [-0.4, -0.2) is 34.9 Å². The highest BCUT2D eigenvalue weighted by atomic mass is 16.6. The highest BCUT2D eigenvalue weighted by Gasteiger charge is 2.55. The first-order valence-corrected chi connectivity index (χ1v) is 9.53. The highest BCUT2D eigenvalue weighted by Crippen LogP contribution is 2.42. The molecule has 0 aromatic heterocycles. The summed E-state index contributed by atoms with van der Waals surface area (Å²) >= 11 is 0. The molecule has 1 aliphatic rings. The molecule has 0 bridgehead atoms. The van der Waals surface area contributed by atoms with Gasteiger partial charge in [0.15, 0.2) is 0 Å². The first-order chi connectivity index (χ1) is 14.3. The van der Waals surface area contributed by atoms with Gasteiger partial charge < -0.3 is 19.7 Å². The molecule has 1 heterocycles. The number of rotatable bonds is 6. The SMILES string of the molecule is COC(=O)[C@]1(Cc2ccc(O)c(CC=C(C)C)c2)OC(=O)C(O)=C1c1ccccc1. The molecule has 0 saturated heterocycles. The number of esters is 2. The molecule has 2 N–H and O–H groups in total. The topological polar surface area (TPSA) is 93.1 Å². The van der Waals surface area contributed by atoms with Crippen LogP contribution in [0.15, 0.2) is 65.9 Å². The predicted octanol–water partition coefficient (Wildman–Crippen LogP) is 3.88. The maximum atomic E-state index is 12.9. The minimum Gasteiger partial charge on any atom is -0.508 e. The number of aromatic hydroxyl groups is 1. The smallest absolute Gasteiger partial charge is 0.375 e. The van der Waals surface area contributed by atoms with Crippen molar-refractivity contribution in [2.45, 2.75) is 32.3 Å². The maximum Gasteiger partial charge on any atom is 0.375 e. The van der Waals surface area contributed by atoms with Gasteiger partial charge in [0.05, 0.1) is 12.7 Å². The van der Waals surface area contributed by atoms with Gasteiger partial charge in [0.2, 0.25) is 11.4 Å². The van der Waals surface area contributed by atoms with Crippen molar-refractivity contribution >= 4 is 17.5 Å². The van der Waals surface area contributed by atoms with E-state index in [0.29, 0.717) is 23.1 Å². The number of aliphatic hydroxyl groups excluding tert-OH is 1. The van der Waals surface area contributed by atoms with Gasteiger partial charge in [-0.05, 0) is 43.0 Å². The molecule has 156 valence electrons. The molecule has 1 atom stereocenters. The molecule has 6 nitrogen and oxygen atoms in total. The second-order valence-corrected chi connectivity index (χ2v) is 7.42. The molecule has 0 aliphatic carbocycles. The Labute approximate surface area is 175 Å². The Bertz CT molecular complexity index is 1030. The summed E-state index contributed by atoms with van der Waals surface area (Å²) in [7, 11) is 1.20. The number of methoxy groups -OCH3 is 1. The number of hydrogen-bond acceptors (Lipinski definition) is 6. The van der Waals surface area contributed by atoms with Gasteiger partial charge in [-0.15, -0.1) is 0 Å². The summed E-state index contributed by atoms with van der Waals surface area (Å²) in [4.78, 5) is 25.2. The molecule has 3 rings (SSSR count). The minimum absolute atomic E-state index is 0.0538. The van der Waals surface area contributed by atoms with E-state index < -0.39 is 23.3 Å². The molecule has 2 aromatic carbocycles. The zero-order valence-electron chi connectivity index (χ0n) is 17.1. The maximum absolute atomic E-state index is 12.9. The number of cyclic esters (lactones) is 1. The molecule has 0 radical (unpaired) electrons. The van der Waals surface area contributed by atoms with Crippen LogP contribution < -0.4 is 0 Å². The number of phenols is 1. The normalized spacial score (nSPS) is 18.2. The van der Waals surface area contributed by atoms with Crippen LogP contribution in [0, 0.1) is 0 Å². The fraction of sp³-hybridized carbons (Fsp3) is 0.250. The zero-order valence-corrected chi connectivity index (χ0v) is 17.1. The van der Waals surface area contributed by atoms with E-state index in [4.69, 9.17) is 9.47 Å². The number of carbonyl (C=O) groups is 2. The van der Waals surface area contributed by atoms with Gasteiger partial charge in [0, 0.05) is 6.42 Å². The van der Waals surface area contributed by atoms with Gasteiger partial charge in [-0.1, -0.05) is 54.1 Å². The van der Waals surface area contributed by atoms with E-state index in [2.05, 4.69) is 0 Å². The predicted molar refractivity (Wildman–Crippen MR) is 112 cm³/mol. The molecule has 0 saturated carbocycles. The van der Waals surface area contributed by atoms with Crippen LogP contribution in [0.2, 0.25) is 0 Å². The Balaban J connectivity index is 2.10. The summed E-state index contributed by atoms with van der Waals surface area (Å²) in [5, 5.41) is 20.6.